The van der Waals surface area contributed by atoms with E-state index in [-0.39, 0.29) is 42.9 Å². The van der Waals surface area contributed by atoms with Gasteiger partial charge in [-0.05, 0) is 36.4 Å². The van der Waals surface area contributed by atoms with Crippen molar-refractivity contribution < 1.29 is 22.4 Å². The van der Waals surface area contributed by atoms with Gasteiger partial charge in [0.1, 0.15) is 0 Å². The standard InChI is InChI=1S/C16H18N4O5S/c17-12-3-1-11(2-4-12)16(22)19-7-9-20(10-8-19)26(23,24)14-6-5-13(25-14)15(18)21/h1-6H,7-10,17H2,(H2,18,21). The number of primary amides is 1. The normalized spacial score (nSPS) is 15.8. The van der Waals surface area contributed by atoms with Crippen molar-refractivity contribution in [3.8, 4) is 0 Å². The molecule has 4 N–H and O–H groups in total. The first-order valence-corrected chi connectivity index (χ1v) is 9.27. The molecule has 0 bridgehead atoms. The van der Waals surface area contributed by atoms with Gasteiger partial charge in [0.2, 0.25) is 5.09 Å². The van der Waals surface area contributed by atoms with Gasteiger partial charge >= 0.3 is 0 Å². The average Bonchev–Trinajstić information content (AvgIpc) is 3.13. The summed E-state index contributed by atoms with van der Waals surface area (Å²) in [5, 5.41) is -0.343. The molecular formula is C16H18N4O5S. The molecule has 1 aromatic carbocycles. The number of furan rings is 1. The molecule has 0 radical (unpaired) electrons. The summed E-state index contributed by atoms with van der Waals surface area (Å²) in [6.45, 7) is 0.725. The summed E-state index contributed by atoms with van der Waals surface area (Å²) < 4.78 is 31.4. The number of anilines is 1. The first kappa shape index (κ1) is 18.0. The van der Waals surface area contributed by atoms with Crippen LogP contribution in [0.2, 0.25) is 0 Å². The second kappa shape index (κ2) is 6.81. The average molecular weight is 378 g/mol. The number of nitrogen functional groups attached to an aromatic ring is 1. The van der Waals surface area contributed by atoms with Crippen molar-refractivity contribution in [2.24, 2.45) is 5.73 Å². The number of benzene rings is 1. The topological polar surface area (TPSA) is 140 Å². The molecule has 10 heteroatoms. The van der Waals surface area contributed by atoms with Gasteiger partial charge in [-0.1, -0.05) is 0 Å². The van der Waals surface area contributed by atoms with Crippen molar-refractivity contribution in [2.45, 2.75) is 5.09 Å². The molecule has 2 amide bonds. The Morgan fingerprint density at radius 2 is 1.58 bits per heavy atom. The Hall–Kier alpha value is -2.85. The second-order valence-electron chi connectivity index (χ2n) is 5.80. The highest BCUT2D eigenvalue weighted by Gasteiger charge is 2.32. The van der Waals surface area contributed by atoms with Gasteiger partial charge in [-0.3, -0.25) is 9.59 Å². The van der Waals surface area contributed by atoms with Crippen LogP contribution in [0.5, 0.6) is 0 Å². The fourth-order valence-electron chi connectivity index (χ4n) is 2.66. The fraction of sp³-hybridized carbons (Fsp3) is 0.250. The third kappa shape index (κ3) is 3.41. The Morgan fingerprint density at radius 1 is 0.962 bits per heavy atom. The third-order valence-electron chi connectivity index (χ3n) is 4.10. The van der Waals surface area contributed by atoms with Crippen molar-refractivity contribution in [3.05, 3.63) is 47.7 Å². The van der Waals surface area contributed by atoms with Crippen LogP contribution >= 0.6 is 0 Å². The van der Waals surface area contributed by atoms with Crippen LogP contribution in [-0.2, 0) is 10.0 Å². The van der Waals surface area contributed by atoms with Crippen LogP contribution < -0.4 is 11.5 Å². The number of hydrogen-bond donors (Lipinski definition) is 2. The van der Waals surface area contributed by atoms with Crippen molar-refractivity contribution in [1.29, 1.82) is 0 Å². The Labute approximate surface area is 150 Å². The van der Waals surface area contributed by atoms with Crippen LogP contribution in [0, 0.1) is 0 Å². The molecule has 1 fully saturated rings. The van der Waals surface area contributed by atoms with Gasteiger partial charge in [0, 0.05) is 37.4 Å². The number of nitrogens with two attached hydrogens (primary N) is 2. The smallest absolute Gasteiger partial charge is 0.284 e. The van der Waals surface area contributed by atoms with Crippen LogP contribution in [0.15, 0.2) is 45.9 Å². The highest BCUT2D eigenvalue weighted by atomic mass is 32.2. The van der Waals surface area contributed by atoms with E-state index in [1.54, 1.807) is 29.2 Å². The van der Waals surface area contributed by atoms with Gasteiger partial charge in [-0.2, -0.15) is 4.31 Å². The minimum Gasteiger partial charge on any atom is -0.438 e. The van der Waals surface area contributed by atoms with Crippen molar-refractivity contribution in [1.82, 2.24) is 9.21 Å². The molecule has 1 aromatic heterocycles. The first-order chi connectivity index (χ1) is 12.3. The van der Waals surface area contributed by atoms with E-state index in [0.29, 0.717) is 11.3 Å². The molecule has 0 aliphatic carbocycles. The van der Waals surface area contributed by atoms with Gasteiger partial charge in [0.05, 0.1) is 0 Å². The van der Waals surface area contributed by atoms with E-state index >= 15 is 0 Å². The van der Waals surface area contributed by atoms with E-state index in [0.717, 1.165) is 0 Å². The molecule has 138 valence electrons. The molecule has 2 heterocycles. The highest BCUT2D eigenvalue weighted by Crippen LogP contribution is 2.21. The third-order valence-corrected chi connectivity index (χ3v) is 5.87. The van der Waals surface area contributed by atoms with Gasteiger partial charge in [-0.25, -0.2) is 8.42 Å². The zero-order chi connectivity index (χ0) is 18.9. The zero-order valence-electron chi connectivity index (χ0n) is 13.8. The van der Waals surface area contributed by atoms with E-state index in [1.807, 2.05) is 0 Å². The second-order valence-corrected chi connectivity index (χ2v) is 7.67. The first-order valence-electron chi connectivity index (χ1n) is 7.83. The van der Waals surface area contributed by atoms with Gasteiger partial charge in [0.15, 0.2) is 5.76 Å². The lowest BCUT2D eigenvalue weighted by molar-refractivity contribution is 0.0696. The summed E-state index contributed by atoms with van der Waals surface area (Å²) in [6.07, 6.45) is 0. The molecule has 0 unspecified atom stereocenters. The number of amides is 2. The Kier molecular flexibility index (Phi) is 4.70. The molecule has 26 heavy (non-hydrogen) atoms. The Bertz CT molecular complexity index is 928. The summed E-state index contributed by atoms with van der Waals surface area (Å²) in [6, 6.07) is 8.96. The van der Waals surface area contributed by atoms with Crippen molar-refractivity contribution >= 4 is 27.5 Å². The van der Waals surface area contributed by atoms with Crippen LogP contribution in [0.3, 0.4) is 0 Å². The number of rotatable bonds is 4. The maximum absolute atomic E-state index is 12.6. The van der Waals surface area contributed by atoms with Crippen LogP contribution in [0.1, 0.15) is 20.9 Å². The van der Waals surface area contributed by atoms with E-state index < -0.39 is 15.9 Å². The predicted molar refractivity (Wildman–Crippen MR) is 92.7 cm³/mol. The maximum Gasteiger partial charge on any atom is 0.284 e. The van der Waals surface area contributed by atoms with E-state index in [2.05, 4.69) is 0 Å². The van der Waals surface area contributed by atoms with Crippen molar-refractivity contribution in [3.63, 3.8) is 0 Å². The largest absolute Gasteiger partial charge is 0.438 e. The number of carbonyl (C=O) groups excluding carboxylic acids is 2. The monoisotopic (exact) mass is 378 g/mol. The van der Waals surface area contributed by atoms with E-state index in [9.17, 15) is 18.0 Å². The lowest BCUT2D eigenvalue weighted by Gasteiger charge is -2.33. The number of carbonyl (C=O) groups is 2. The lowest BCUT2D eigenvalue weighted by atomic mass is 10.1. The summed E-state index contributed by atoms with van der Waals surface area (Å²) in [4.78, 5) is 25.1. The number of hydrogen-bond acceptors (Lipinski definition) is 6. The number of piperazine rings is 1. The molecule has 1 aliphatic heterocycles. The van der Waals surface area contributed by atoms with Gasteiger partial charge in [-0.15, -0.1) is 0 Å². The SMILES string of the molecule is NC(=O)c1ccc(S(=O)(=O)N2CCN(C(=O)c3ccc(N)cc3)CC2)o1. The Morgan fingerprint density at radius 3 is 2.12 bits per heavy atom. The van der Waals surface area contributed by atoms with Gasteiger partial charge in [0.25, 0.3) is 21.8 Å². The lowest BCUT2D eigenvalue weighted by Crippen LogP contribution is -2.50. The molecule has 0 atom stereocenters. The van der Waals surface area contributed by atoms with E-state index in [1.165, 1.54) is 16.4 Å². The molecule has 0 saturated carbocycles. The summed E-state index contributed by atoms with van der Waals surface area (Å²) in [5.41, 5.74) is 11.7. The van der Waals surface area contributed by atoms with Crippen molar-refractivity contribution in [2.75, 3.05) is 31.9 Å². The van der Waals surface area contributed by atoms with E-state index in [4.69, 9.17) is 15.9 Å². The summed E-state index contributed by atoms with van der Waals surface area (Å²) >= 11 is 0. The highest BCUT2D eigenvalue weighted by molar-refractivity contribution is 7.89. The minimum atomic E-state index is -3.89. The molecule has 1 saturated heterocycles. The minimum absolute atomic E-state index is 0.121. The van der Waals surface area contributed by atoms with Crippen LogP contribution in [0.25, 0.3) is 0 Å². The molecule has 0 spiro atoms. The molecule has 1 aliphatic rings. The molecule has 9 nitrogen and oxygen atoms in total. The quantitative estimate of drug-likeness (QED) is 0.724. The summed E-state index contributed by atoms with van der Waals surface area (Å²) in [5.74, 6) is -1.25. The molecular weight excluding hydrogens is 360 g/mol. The maximum atomic E-state index is 12.6. The summed E-state index contributed by atoms with van der Waals surface area (Å²) in [7, 11) is -3.89. The van der Waals surface area contributed by atoms with Crippen LogP contribution in [-0.4, -0.2) is 55.6 Å². The fourth-order valence-corrected chi connectivity index (χ4v) is 3.99. The molecule has 3 rings (SSSR count). The number of sulfonamides is 1. The van der Waals surface area contributed by atoms with Gasteiger partial charge < -0.3 is 20.8 Å². The number of nitrogens with zero attached hydrogens (tertiary/aromatic N) is 2. The van der Waals surface area contributed by atoms with Crippen LogP contribution in [0.4, 0.5) is 5.69 Å². The Balaban J connectivity index is 1.68. The zero-order valence-corrected chi connectivity index (χ0v) is 14.6. The molecule has 2 aromatic rings. The predicted octanol–water partition coefficient (Wildman–Crippen LogP) is 0.107.